The number of aryl methyl sites for hydroxylation is 1. The van der Waals surface area contributed by atoms with Crippen LogP contribution in [-0.2, 0) is 13.0 Å². The molecular weight excluding hydrogens is 252 g/mol. The molecule has 0 atom stereocenters. The van der Waals surface area contributed by atoms with Gasteiger partial charge in [-0.15, -0.1) is 11.3 Å². The van der Waals surface area contributed by atoms with Crippen LogP contribution in [0.3, 0.4) is 0 Å². The molecule has 0 unspecified atom stereocenters. The highest BCUT2D eigenvalue weighted by atomic mass is 32.1. The van der Waals surface area contributed by atoms with E-state index in [9.17, 15) is 0 Å². The number of hydrogen-bond donors (Lipinski definition) is 1. The van der Waals surface area contributed by atoms with Gasteiger partial charge in [-0.25, -0.2) is 0 Å². The van der Waals surface area contributed by atoms with E-state index in [-0.39, 0.29) is 0 Å². The Bertz CT molecular complexity index is 365. The third-order valence-electron chi connectivity index (χ3n) is 3.97. The molecule has 1 N–H and O–H groups in total. The van der Waals surface area contributed by atoms with Crippen LogP contribution in [0.2, 0.25) is 0 Å². The molecule has 3 heteroatoms. The van der Waals surface area contributed by atoms with Crippen LogP contribution in [0.4, 0.5) is 0 Å². The predicted octanol–water partition coefficient (Wildman–Crippen LogP) is 3.52. The third-order valence-corrected chi connectivity index (χ3v) is 5.18. The van der Waals surface area contributed by atoms with Crippen LogP contribution in [0.1, 0.15) is 43.4 Å². The second kappa shape index (κ2) is 7.41. The maximum Gasteiger partial charge on any atom is 0.0328 e. The number of nitrogens with zero attached hydrogens (tertiary/aromatic N) is 1. The molecule has 1 saturated heterocycles. The van der Waals surface area contributed by atoms with Gasteiger partial charge < -0.3 is 5.32 Å². The minimum Gasteiger partial charge on any atom is -0.314 e. The number of piperidine rings is 1. The Kier molecular flexibility index (Phi) is 5.86. The summed E-state index contributed by atoms with van der Waals surface area (Å²) in [6.45, 7) is 11.6. The van der Waals surface area contributed by atoms with Gasteiger partial charge in [0.15, 0.2) is 0 Å². The second-order valence-corrected chi connectivity index (χ2v) is 7.26. The Morgan fingerprint density at radius 1 is 1.26 bits per heavy atom. The lowest BCUT2D eigenvalue weighted by molar-refractivity contribution is 0.175. The van der Waals surface area contributed by atoms with Gasteiger partial charge in [-0.2, -0.15) is 0 Å². The van der Waals surface area contributed by atoms with Crippen LogP contribution in [0.25, 0.3) is 0 Å². The van der Waals surface area contributed by atoms with Crippen molar-refractivity contribution in [3.63, 3.8) is 0 Å². The molecule has 0 radical (unpaired) electrons. The Hall–Kier alpha value is -0.380. The van der Waals surface area contributed by atoms with Gasteiger partial charge >= 0.3 is 0 Å². The van der Waals surface area contributed by atoms with Crippen molar-refractivity contribution in [1.82, 2.24) is 10.2 Å². The summed E-state index contributed by atoms with van der Waals surface area (Å²) in [7, 11) is 0. The summed E-state index contributed by atoms with van der Waals surface area (Å²) in [5.74, 6) is 0.883. The lowest BCUT2D eigenvalue weighted by Crippen LogP contribution is -2.38. The lowest BCUT2D eigenvalue weighted by Gasteiger charge is -2.32. The zero-order valence-corrected chi connectivity index (χ0v) is 13.4. The number of thiophene rings is 1. The smallest absolute Gasteiger partial charge is 0.0328 e. The summed E-state index contributed by atoms with van der Waals surface area (Å²) in [4.78, 5) is 5.68. The molecule has 2 rings (SSSR count). The Labute approximate surface area is 122 Å². The minimum absolute atomic E-state index is 0.622. The molecule has 1 aromatic heterocycles. The van der Waals surface area contributed by atoms with E-state index in [1.54, 1.807) is 0 Å². The zero-order valence-electron chi connectivity index (χ0n) is 12.6. The predicted molar refractivity (Wildman–Crippen MR) is 84.8 cm³/mol. The van der Waals surface area contributed by atoms with Crippen molar-refractivity contribution in [1.29, 1.82) is 0 Å². The lowest BCUT2D eigenvalue weighted by atomic mass is 9.96. The van der Waals surface area contributed by atoms with Crippen molar-refractivity contribution < 1.29 is 0 Å². The molecule has 2 heterocycles. The molecule has 0 bridgehead atoms. The molecule has 1 aliphatic heterocycles. The fourth-order valence-electron chi connectivity index (χ4n) is 2.67. The first-order valence-corrected chi connectivity index (χ1v) is 8.52. The van der Waals surface area contributed by atoms with Crippen LogP contribution in [-0.4, -0.2) is 30.6 Å². The molecule has 0 amide bonds. The molecule has 0 spiro atoms. The first kappa shape index (κ1) is 15.0. The van der Waals surface area contributed by atoms with Crippen LogP contribution in [0.5, 0.6) is 0 Å². The van der Waals surface area contributed by atoms with Gasteiger partial charge in [-0.05, 0) is 56.9 Å². The van der Waals surface area contributed by atoms with E-state index >= 15 is 0 Å². The fraction of sp³-hybridized carbons (Fsp3) is 0.750. The van der Waals surface area contributed by atoms with E-state index in [4.69, 9.17) is 0 Å². The second-order valence-electron chi connectivity index (χ2n) is 6.00. The van der Waals surface area contributed by atoms with E-state index in [1.807, 2.05) is 11.3 Å². The average molecular weight is 280 g/mol. The Morgan fingerprint density at radius 2 is 1.95 bits per heavy atom. The van der Waals surface area contributed by atoms with Crippen molar-refractivity contribution in [2.75, 3.05) is 19.6 Å². The monoisotopic (exact) mass is 280 g/mol. The van der Waals surface area contributed by atoms with Crippen LogP contribution >= 0.6 is 11.3 Å². The van der Waals surface area contributed by atoms with E-state index in [0.717, 1.165) is 12.5 Å². The fourth-order valence-corrected chi connectivity index (χ4v) is 3.67. The van der Waals surface area contributed by atoms with Crippen LogP contribution in [0.15, 0.2) is 12.1 Å². The average Bonchev–Trinajstić information content (AvgIpc) is 2.85. The quantitative estimate of drug-likeness (QED) is 0.857. The van der Waals surface area contributed by atoms with E-state index in [0.29, 0.717) is 6.04 Å². The highest BCUT2D eigenvalue weighted by Crippen LogP contribution is 2.22. The highest BCUT2D eigenvalue weighted by Gasteiger charge is 2.19. The van der Waals surface area contributed by atoms with E-state index in [2.05, 4.69) is 43.1 Å². The molecule has 0 aromatic carbocycles. The number of likely N-dealkylation sites (tertiary alicyclic amines) is 1. The molecule has 1 aromatic rings. The van der Waals surface area contributed by atoms with Crippen LogP contribution in [0, 0.1) is 5.92 Å². The Morgan fingerprint density at radius 3 is 2.53 bits per heavy atom. The molecular formula is C16H28N2S. The third kappa shape index (κ3) is 4.90. The minimum atomic E-state index is 0.622. The summed E-state index contributed by atoms with van der Waals surface area (Å²) in [5.41, 5.74) is 0. The van der Waals surface area contributed by atoms with Crippen LogP contribution < -0.4 is 5.32 Å². The maximum atomic E-state index is 3.57. The molecule has 108 valence electrons. The standard InChI is InChI=1S/C16H28N2S/c1-4-15-5-6-16(19-15)12-18-9-7-14(8-10-18)11-17-13(2)3/h5-6,13-14,17H,4,7-12H2,1-3H3. The largest absolute Gasteiger partial charge is 0.314 e. The van der Waals surface area contributed by atoms with Crippen molar-refractivity contribution in [3.05, 3.63) is 21.9 Å². The number of rotatable bonds is 6. The molecule has 1 fully saturated rings. The van der Waals surface area contributed by atoms with Gasteiger partial charge in [0.25, 0.3) is 0 Å². The molecule has 19 heavy (non-hydrogen) atoms. The molecule has 2 nitrogen and oxygen atoms in total. The summed E-state index contributed by atoms with van der Waals surface area (Å²) in [6.07, 6.45) is 3.88. The van der Waals surface area contributed by atoms with Gasteiger partial charge in [0, 0.05) is 22.3 Å². The zero-order chi connectivity index (χ0) is 13.7. The van der Waals surface area contributed by atoms with Gasteiger partial charge in [-0.1, -0.05) is 20.8 Å². The molecule has 0 saturated carbocycles. The number of nitrogens with one attached hydrogen (secondary N) is 1. The van der Waals surface area contributed by atoms with Gasteiger partial charge in [0.2, 0.25) is 0 Å². The SMILES string of the molecule is CCc1ccc(CN2CCC(CNC(C)C)CC2)s1. The maximum absolute atomic E-state index is 3.57. The molecule has 1 aliphatic rings. The molecule has 0 aliphatic carbocycles. The first-order chi connectivity index (χ1) is 9.17. The summed E-state index contributed by atoms with van der Waals surface area (Å²) < 4.78 is 0. The van der Waals surface area contributed by atoms with Crippen molar-refractivity contribution in [2.45, 2.75) is 52.6 Å². The summed E-state index contributed by atoms with van der Waals surface area (Å²) in [6, 6.07) is 5.23. The van der Waals surface area contributed by atoms with Crippen molar-refractivity contribution in [3.8, 4) is 0 Å². The van der Waals surface area contributed by atoms with Gasteiger partial charge in [0.05, 0.1) is 0 Å². The van der Waals surface area contributed by atoms with E-state index < -0.39 is 0 Å². The topological polar surface area (TPSA) is 15.3 Å². The summed E-state index contributed by atoms with van der Waals surface area (Å²) >= 11 is 1.99. The van der Waals surface area contributed by atoms with E-state index in [1.165, 1.54) is 48.7 Å². The van der Waals surface area contributed by atoms with Crippen molar-refractivity contribution >= 4 is 11.3 Å². The summed E-state index contributed by atoms with van der Waals surface area (Å²) in [5, 5.41) is 3.57. The first-order valence-electron chi connectivity index (χ1n) is 7.70. The van der Waals surface area contributed by atoms with Gasteiger partial charge in [0.1, 0.15) is 0 Å². The normalized spacial score (nSPS) is 18.3. The van der Waals surface area contributed by atoms with Gasteiger partial charge in [-0.3, -0.25) is 4.90 Å². The number of hydrogen-bond acceptors (Lipinski definition) is 3. The van der Waals surface area contributed by atoms with Crippen molar-refractivity contribution in [2.24, 2.45) is 5.92 Å². The highest BCUT2D eigenvalue weighted by molar-refractivity contribution is 7.11. The Balaban J connectivity index is 1.71.